The minimum atomic E-state index is -0.529. The van der Waals surface area contributed by atoms with Crippen LogP contribution in [-0.2, 0) is 4.79 Å². The van der Waals surface area contributed by atoms with E-state index in [9.17, 15) is 4.79 Å². The Bertz CT molecular complexity index is 1740. The first-order valence-electron chi connectivity index (χ1n) is 14.3. The molecule has 4 aromatic rings. The molecule has 10 heteroatoms. The third-order valence-electron chi connectivity index (χ3n) is 9.30. The van der Waals surface area contributed by atoms with Crippen molar-refractivity contribution in [1.82, 2.24) is 20.2 Å². The number of ether oxygens (including phenoxy) is 1. The molecule has 0 unspecified atom stereocenters. The summed E-state index contributed by atoms with van der Waals surface area (Å²) in [6.45, 7) is 4.53. The van der Waals surface area contributed by atoms with Gasteiger partial charge in [0.2, 0.25) is 5.88 Å². The second-order valence-corrected chi connectivity index (χ2v) is 12.1. The molecule has 2 aromatic heterocycles. The predicted molar refractivity (Wildman–Crippen MR) is 158 cm³/mol. The highest BCUT2D eigenvalue weighted by Gasteiger charge is 2.51. The van der Waals surface area contributed by atoms with E-state index in [0.29, 0.717) is 47.2 Å². The van der Waals surface area contributed by atoms with Gasteiger partial charge in [-0.1, -0.05) is 41.9 Å². The van der Waals surface area contributed by atoms with Gasteiger partial charge in [0.15, 0.2) is 5.82 Å². The van der Waals surface area contributed by atoms with Crippen LogP contribution in [0.4, 0.5) is 15.8 Å². The van der Waals surface area contributed by atoms with Gasteiger partial charge in [0.1, 0.15) is 29.5 Å². The summed E-state index contributed by atoms with van der Waals surface area (Å²) in [5.41, 5.74) is 2.40. The Balaban J connectivity index is 1.37. The molecular formula is C31H30ClFN6O2. The number of piperazine rings is 1. The van der Waals surface area contributed by atoms with E-state index in [1.807, 2.05) is 35.2 Å². The van der Waals surface area contributed by atoms with Crippen molar-refractivity contribution in [2.45, 2.75) is 43.9 Å². The van der Waals surface area contributed by atoms with E-state index in [1.54, 1.807) is 12.3 Å². The third kappa shape index (κ3) is 3.62. The van der Waals surface area contributed by atoms with Crippen molar-refractivity contribution >= 4 is 50.6 Å². The van der Waals surface area contributed by atoms with Crippen molar-refractivity contribution in [1.29, 1.82) is 0 Å². The Morgan fingerprint density at radius 3 is 2.78 bits per heavy atom. The number of anilines is 2. The van der Waals surface area contributed by atoms with Crippen molar-refractivity contribution in [3.63, 3.8) is 0 Å². The monoisotopic (exact) mass is 572 g/mol. The molecule has 1 amide bonds. The maximum absolute atomic E-state index is 16.6. The summed E-state index contributed by atoms with van der Waals surface area (Å²) in [4.78, 5) is 29.9. The van der Waals surface area contributed by atoms with Gasteiger partial charge in [-0.2, -0.15) is 0 Å². The fourth-order valence-electron chi connectivity index (χ4n) is 7.35. The van der Waals surface area contributed by atoms with Crippen molar-refractivity contribution in [2.24, 2.45) is 0 Å². The average Bonchev–Trinajstić information content (AvgIpc) is 3.40. The van der Waals surface area contributed by atoms with E-state index < -0.39 is 11.9 Å². The number of carbonyl (C=O) groups excluding carboxylic acids is 1. The lowest BCUT2D eigenvalue weighted by molar-refractivity contribution is -0.121. The van der Waals surface area contributed by atoms with E-state index in [4.69, 9.17) is 26.3 Å². The summed E-state index contributed by atoms with van der Waals surface area (Å²) in [6, 6.07) is 11.1. The molecular weight excluding hydrogens is 543 g/mol. The molecule has 6 heterocycles. The van der Waals surface area contributed by atoms with Gasteiger partial charge in [-0.05, 0) is 44.8 Å². The highest BCUT2D eigenvalue weighted by Crippen LogP contribution is 2.51. The first-order chi connectivity index (χ1) is 19.9. The number of benzene rings is 2. The van der Waals surface area contributed by atoms with Gasteiger partial charge in [0.05, 0.1) is 11.7 Å². The Morgan fingerprint density at radius 2 is 1.98 bits per heavy atom. The van der Waals surface area contributed by atoms with Crippen molar-refractivity contribution < 1.29 is 13.9 Å². The van der Waals surface area contributed by atoms with Gasteiger partial charge in [-0.3, -0.25) is 14.7 Å². The number of likely N-dealkylation sites (tertiary alicyclic amines) is 1. The molecule has 8 rings (SSSR count). The minimum Gasteiger partial charge on any atom is -0.474 e. The molecule has 1 N–H and O–H groups in total. The lowest BCUT2D eigenvalue weighted by atomic mass is 9.94. The van der Waals surface area contributed by atoms with Crippen molar-refractivity contribution in [3.05, 3.63) is 53.4 Å². The fourth-order valence-corrected chi connectivity index (χ4v) is 7.64. The number of aromatic nitrogens is 2. The number of rotatable bonds is 2. The Labute approximate surface area is 242 Å². The summed E-state index contributed by atoms with van der Waals surface area (Å²) in [6.07, 6.45) is 3.78. The van der Waals surface area contributed by atoms with Gasteiger partial charge in [-0.25, -0.2) is 9.37 Å². The molecule has 210 valence electrons. The van der Waals surface area contributed by atoms with E-state index >= 15 is 4.39 Å². The molecule has 4 aliphatic rings. The van der Waals surface area contributed by atoms with E-state index in [1.165, 1.54) is 0 Å². The summed E-state index contributed by atoms with van der Waals surface area (Å²) in [7, 11) is 2.11. The Hall–Kier alpha value is -3.53. The van der Waals surface area contributed by atoms with Crippen LogP contribution in [0.3, 0.4) is 0 Å². The largest absolute Gasteiger partial charge is 0.474 e. The lowest BCUT2D eigenvalue weighted by Crippen LogP contribution is -2.68. The second kappa shape index (κ2) is 9.24. The average molecular weight is 573 g/mol. The van der Waals surface area contributed by atoms with Gasteiger partial charge in [0.25, 0.3) is 5.91 Å². The number of likely N-dealkylation sites (N-methyl/N-ethyl adjacent to an activating group) is 1. The maximum Gasteiger partial charge on any atom is 0.251 e. The normalized spacial score (nSPS) is 25.9. The summed E-state index contributed by atoms with van der Waals surface area (Å²) >= 11 is 6.59. The Morgan fingerprint density at radius 1 is 1.15 bits per heavy atom. The molecule has 4 aliphatic heterocycles. The molecule has 2 fully saturated rings. The van der Waals surface area contributed by atoms with Crippen LogP contribution in [0.2, 0.25) is 5.02 Å². The fraction of sp³-hybridized carbons (Fsp3) is 0.387. The smallest absolute Gasteiger partial charge is 0.251 e. The molecule has 0 radical (unpaired) electrons. The zero-order valence-electron chi connectivity index (χ0n) is 22.9. The number of fused-ring (bicyclic) bond motifs is 5. The van der Waals surface area contributed by atoms with Crippen LogP contribution in [0.15, 0.2) is 42.6 Å². The van der Waals surface area contributed by atoms with Crippen LogP contribution in [0.25, 0.3) is 32.9 Å². The van der Waals surface area contributed by atoms with Gasteiger partial charge >= 0.3 is 0 Å². The van der Waals surface area contributed by atoms with Gasteiger partial charge < -0.3 is 19.9 Å². The van der Waals surface area contributed by atoms with Crippen LogP contribution in [0.1, 0.15) is 19.8 Å². The predicted octanol–water partition coefficient (Wildman–Crippen LogP) is 4.61. The standard InChI is InChI=1S/C31H30ClFN6O2/c1-16-14-38-22(13-34-16)31(40)39-23(21-10-5-11-37(21)2)15-41-30-29(39)28(38)19-12-35-26(25(33)27(19)36-30)18-8-3-6-17-7-4-9-20(32)24(17)18/h3-4,6-9,12,16,21-23,34H,5,10-11,13-15H2,1-2H3/t16-,21+,22-,23+/m1/s1. The summed E-state index contributed by atoms with van der Waals surface area (Å²) in [5.74, 6) is -0.184. The van der Waals surface area contributed by atoms with Crippen LogP contribution in [-0.4, -0.2) is 78.2 Å². The molecule has 0 saturated carbocycles. The number of halogens is 2. The summed E-state index contributed by atoms with van der Waals surface area (Å²) in [5, 5.41) is 6.24. The van der Waals surface area contributed by atoms with Gasteiger partial charge in [-0.15, -0.1) is 0 Å². The second-order valence-electron chi connectivity index (χ2n) is 11.7. The van der Waals surface area contributed by atoms with Crippen molar-refractivity contribution in [3.8, 4) is 17.1 Å². The van der Waals surface area contributed by atoms with Crippen LogP contribution in [0.5, 0.6) is 5.88 Å². The van der Waals surface area contributed by atoms with Crippen LogP contribution >= 0.6 is 11.6 Å². The highest BCUT2D eigenvalue weighted by atomic mass is 35.5. The first kappa shape index (κ1) is 25.2. The van der Waals surface area contributed by atoms with Crippen LogP contribution < -0.4 is 19.9 Å². The van der Waals surface area contributed by atoms with E-state index in [-0.39, 0.29) is 35.2 Å². The quantitative estimate of drug-likeness (QED) is 0.376. The molecule has 0 bridgehead atoms. The van der Waals surface area contributed by atoms with E-state index in [0.717, 1.165) is 35.8 Å². The molecule has 4 atom stereocenters. The number of carbonyl (C=O) groups is 1. The third-order valence-corrected chi connectivity index (χ3v) is 9.61. The van der Waals surface area contributed by atoms with Gasteiger partial charge in [0, 0.05) is 52.7 Å². The molecule has 2 aromatic carbocycles. The number of nitrogens with zero attached hydrogens (tertiary/aromatic N) is 5. The minimum absolute atomic E-state index is 0.0448. The number of hydrogen-bond acceptors (Lipinski definition) is 7. The zero-order chi connectivity index (χ0) is 28.0. The summed E-state index contributed by atoms with van der Waals surface area (Å²) < 4.78 is 22.9. The highest BCUT2D eigenvalue weighted by molar-refractivity contribution is 6.36. The lowest BCUT2D eigenvalue weighted by Gasteiger charge is -2.52. The van der Waals surface area contributed by atoms with E-state index in [2.05, 4.69) is 29.1 Å². The zero-order valence-corrected chi connectivity index (χ0v) is 23.7. The topological polar surface area (TPSA) is 73.8 Å². The Kier molecular flexibility index (Phi) is 5.68. The van der Waals surface area contributed by atoms with Crippen molar-refractivity contribution in [2.75, 3.05) is 43.1 Å². The molecule has 0 aliphatic carbocycles. The number of amides is 1. The SMILES string of the molecule is C[C@@H]1CN2c3c4c(nc5c(F)c(-c6cccc7cccc(Cl)c67)ncc35)OC[C@@H]([C@@H]3CCCN3C)N4C(=O)[C@H]2CN1. The number of hydrogen-bond donors (Lipinski definition) is 1. The van der Waals surface area contributed by atoms with Crippen LogP contribution in [0, 0.1) is 5.82 Å². The number of pyridine rings is 2. The maximum atomic E-state index is 16.6. The molecule has 0 spiro atoms. The molecule has 41 heavy (non-hydrogen) atoms. The number of nitrogens with one attached hydrogen (secondary N) is 1. The first-order valence-corrected chi connectivity index (χ1v) is 14.7. The molecule has 8 nitrogen and oxygen atoms in total. The molecule has 2 saturated heterocycles.